The molecule has 21 heavy (non-hydrogen) atoms. The highest BCUT2D eigenvalue weighted by molar-refractivity contribution is 5.39. The second-order valence-electron chi connectivity index (χ2n) is 5.64. The smallest absolute Gasteiger partial charge is 0.177 e. The fourth-order valence-electron chi connectivity index (χ4n) is 1.87. The maximum Gasteiger partial charge on any atom is 0.177 e. The topological polar surface area (TPSA) is 62.8 Å². The molecular formula is C16H28N2O3. The molecule has 0 heterocycles. The lowest BCUT2D eigenvalue weighted by Gasteiger charge is -2.28. The molecule has 0 radical (unpaired) electrons. The van der Waals surface area contributed by atoms with Gasteiger partial charge in [-0.15, -0.1) is 0 Å². The lowest BCUT2D eigenvalue weighted by Crippen LogP contribution is -2.51. The molecule has 0 bridgehead atoms. The van der Waals surface area contributed by atoms with Gasteiger partial charge in [0.2, 0.25) is 0 Å². The number of rotatable bonds is 9. The van der Waals surface area contributed by atoms with Gasteiger partial charge in [0.05, 0.1) is 7.11 Å². The van der Waals surface area contributed by atoms with Gasteiger partial charge < -0.3 is 19.9 Å². The summed E-state index contributed by atoms with van der Waals surface area (Å²) < 4.78 is 11.2. The summed E-state index contributed by atoms with van der Waals surface area (Å²) in [7, 11) is 1.60. The Kier molecular flexibility index (Phi) is 7.50. The van der Waals surface area contributed by atoms with Crippen molar-refractivity contribution in [1.29, 1.82) is 0 Å². The number of ether oxygens (including phenoxy) is 2. The zero-order chi connectivity index (χ0) is 15.8. The van der Waals surface area contributed by atoms with Gasteiger partial charge >= 0.3 is 0 Å². The Morgan fingerprint density at radius 3 is 2.19 bits per heavy atom. The van der Waals surface area contributed by atoms with E-state index in [2.05, 4.69) is 10.6 Å². The largest absolute Gasteiger partial charge is 0.493 e. The molecule has 3 N–H and O–H groups in total. The van der Waals surface area contributed by atoms with Crippen LogP contribution in [0.3, 0.4) is 0 Å². The first-order valence-electron chi connectivity index (χ1n) is 7.41. The van der Waals surface area contributed by atoms with Crippen LogP contribution in [0, 0.1) is 0 Å². The number of hydrogen-bond donors (Lipinski definition) is 3. The second kappa shape index (κ2) is 8.87. The van der Waals surface area contributed by atoms with E-state index in [1.54, 1.807) is 7.11 Å². The summed E-state index contributed by atoms with van der Waals surface area (Å²) in [6.45, 7) is 8.57. The molecule has 0 aliphatic rings. The Labute approximate surface area is 127 Å². The summed E-state index contributed by atoms with van der Waals surface area (Å²) in [5.74, 6) is 1.26. The van der Waals surface area contributed by atoms with Crippen LogP contribution in [0.25, 0.3) is 0 Å². The van der Waals surface area contributed by atoms with Crippen LogP contribution in [0.2, 0.25) is 0 Å². The summed E-state index contributed by atoms with van der Waals surface area (Å²) in [5.41, 5.74) is 0. The van der Waals surface area contributed by atoms with Crippen molar-refractivity contribution in [3.8, 4) is 11.5 Å². The summed E-state index contributed by atoms with van der Waals surface area (Å²) in [4.78, 5) is 0. The number of para-hydroxylation sites is 2. The van der Waals surface area contributed by atoms with Crippen LogP contribution in [0.1, 0.15) is 27.7 Å². The summed E-state index contributed by atoms with van der Waals surface area (Å²) in [6, 6.07) is 7.93. The van der Waals surface area contributed by atoms with Crippen molar-refractivity contribution in [2.24, 2.45) is 0 Å². The van der Waals surface area contributed by atoms with Gasteiger partial charge in [-0.05, 0) is 26.0 Å². The zero-order valence-electron chi connectivity index (χ0n) is 13.6. The van der Waals surface area contributed by atoms with E-state index >= 15 is 0 Å². The van der Waals surface area contributed by atoms with Crippen molar-refractivity contribution in [2.75, 3.05) is 13.7 Å². The highest BCUT2D eigenvalue weighted by Crippen LogP contribution is 2.27. The highest BCUT2D eigenvalue weighted by atomic mass is 16.5. The molecule has 1 aromatic carbocycles. The first kappa shape index (κ1) is 17.8. The van der Waals surface area contributed by atoms with Crippen molar-refractivity contribution in [3.63, 3.8) is 0 Å². The standard InChI is InChI=1S/C16H28N2O3/c1-11(2)17-10-13(19)16(18-12(3)4)21-15-9-7-6-8-14(15)20-5/h6-9,11-13,16-19H,10H2,1-5H3. The number of methoxy groups -OCH3 is 1. The molecule has 2 unspecified atom stereocenters. The molecular weight excluding hydrogens is 268 g/mol. The molecule has 0 saturated heterocycles. The Morgan fingerprint density at radius 1 is 1.05 bits per heavy atom. The van der Waals surface area contributed by atoms with Crippen LogP contribution < -0.4 is 20.1 Å². The van der Waals surface area contributed by atoms with E-state index in [-0.39, 0.29) is 6.04 Å². The van der Waals surface area contributed by atoms with Gasteiger partial charge in [0.1, 0.15) is 6.10 Å². The number of aliphatic hydroxyl groups excluding tert-OH is 1. The molecule has 0 spiro atoms. The lowest BCUT2D eigenvalue weighted by molar-refractivity contribution is 0.00910. The molecule has 120 valence electrons. The van der Waals surface area contributed by atoms with Crippen LogP contribution >= 0.6 is 0 Å². The molecule has 0 aliphatic carbocycles. The summed E-state index contributed by atoms with van der Waals surface area (Å²) >= 11 is 0. The summed E-state index contributed by atoms with van der Waals surface area (Å²) in [5, 5.41) is 16.8. The second-order valence-corrected chi connectivity index (χ2v) is 5.64. The fourth-order valence-corrected chi connectivity index (χ4v) is 1.87. The average molecular weight is 296 g/mol. The first-order valence-corrected chi connectivity index (χ1v) is 7.41. The lowest BCUT2D eigenvalue weighted by atomic mass is 10.2. The van der Waals surface area contributed by atoms with Gasteiger partial charge in [0, 0.05) is 18.6 Å². The van der Waals surface area contributed by atoms with E-state index < -0.39 is 12.3 Å². The van der Waals surface area contributed by atoms with E-state index in [9.17, 15) is 5.11 Å². The molecule has 0 saturated carbocycles. The maximum atomic E-state index is 10.3. The van der Waals surface area contributed by atoms with Crippen LogP contribution in [0.4, 0.5) is 0 Å². The zero-order valence-corrected chi connectivity index (χ0v) is 13.6. The number of nitrogens with one attached hydrogen (secondary N) is 2. The third kappa shape index (κ3) is 6.33. The molecule has 2 atom stereocenters. The van der Waals surface area contributed by atoms with Crippen molar-refractivity contribution in [2.45, 2.75) is 52.1 Å². The molecule has 1 aromatic rings. The van der Waals surface area contributed by atoms with Gasteiger partial charge in [0.25, 0.3) is 0 Å². The number of benzene rings is 1. The SMILES string of the molecule is COc1ccccc1OC(NC(C)C)C(O)CNC(C)C. The molecule has 5 heteroatoms. The minimum Gasteiger partial charge on any atom is -0.493 e. The van der Waals surface area contributed by atoms with Crippen LogP contribution in [0.15, 0.2) is 24.3 Å². The van der Waals surface area contributed by atoms with Gasteiger partial charge in [0.15, 0.2) is 17.7 Å². The monoisotopic (exact) mass is 296 g/mol. The van der Waals surface area contributed by atoms with Crippen LogP contribution in [-0.2, 0) is 0 Å². The first-order chi connectivity index (χ1) is 9.93. The predicted molar refractivity (Wildman–Crippen MR) is 84.8 cm³/mol. The average Bonchev–Trinajstić information content (AvgIpc) is 2.44. The van der Waals surface area contributed by atoms with Crippen LogP contribution in [-0.4, -0.2) is 43.2 Å². The molecule has 0 fully saturated rings. The Morgan fingerprint density at radius 2 is 1.67 bits per heavy atom. The highest BCUT2D eigenvalue weighted by Gasteiger charge is 2.23. The summed E-state index contributed by atoms with van der Waals surface area (Å²) in [6.07, 6.45) is -1.17. The molecule has 0 amide bonds. The predicted octanol–water partition coefficient (Wildman–Crippen LogP) is 1.76. The minimum absolute atomic E-state index is 0.193. The van der Waals surface area contributed by atoms with E-state index in [0.717, 1.165) is 0 Å². The maximum absolute atomic E-state index is 10.3. The molecule has 1 rings (SSSR count). The quantitative estimate of drug-likeness (QED) is 0.606. The van der Waals surface area contributed by atoms with Crippen molar-refractivity contribution >= 4 is 0 Å². The fraction of sp³-hybridized carbons (Fsp3) is 0.625. The van der Waals surface area contributed by atoms with Crippen molar-refractivity contribution in [1.82, 2.24) is 10.6 Å². The minimum atomic E-state index is -0.667. The van der Waals surface area contributed by atoms with E-state index in [1.165, 1.54) is 0 Å². The van der Waals surface area contributed by atoms with Gasteiger partial charge in [-0.25, -0.2) is 0 Å². The van der Waals surface area contributed by atoms with E-state index in [0.29, 0.717) is 24.1 Å². The van der Waals surface area contributed by atoms with E-state index in [1.807, 2.05) is 52.0 Å². The van der Waals surface area contributed by atoms with Crippen molar-refractivity contribution < 1.29 is 14.6 Å². The number of aliphatic hydroxyl groups is 1. The third-order valence-corrected chi connectivity index (χ3v) is 2.91. The molecule has 0 aromatic heterocycles. The Bertz CT molecular complexity index is 410. The van der Waals surface area contributed by atoms with Crippen molar-refractivity contribution in [3.05, 3.63) is 24.3 Å². The molecule has 0 aliphatic heterocycles. The van der Waals surface area contributed by atoms with Gasteiger partial charge in [-0.1, -0.05) is 26.0 Å². The van der Waals surface area contributed by atoms with Gasteiger partial charge in [-0.2, -0.15) is 0 Å². The van der Waals surface area contributed by atoms with Gasteiger partial charge in [-0.3, -0.25) is 5.32 Å². The third-order valence-electron chi connectivity index (χ3n) is 2.91. The Hall–Kier alpha value is -1.30. The molecule has 5 nitrogen and oxygen atoms in total. The van der Waals surface area contributed by atoms with Crippen LogP contribution in [0.5, 0.6) is 11.5 Å². The van der Waals surface area contributed by atoms with E-state index in [4.69, 9.17) is 9.47 Å². The Balaban J connectivity index is 2.77. The number of hydrogen-bond acceptors (Lipinski definition) is 5. The normalized spacial score (nSPS) is 14.3.